The van der Waals surface area contributed by atoms with Crippen LogP contribution in [0.3, 0.4) is 0 Å². The van der Waals surface area contributed by atoms with Crippen molar-refractivity contribution in [3.8, 4) is 0 Å². The summed E-state index contributed by atoms with van der Waals surface area (Å²) in [5.41, 5.74) is 0.0392. The van der Waals surface area contributed by atoms with Crippen LogP contribution in [0.25, 0.3) is 0 Å². The molecule has 1 saturated heterocycles. The topological polar surface area (TPSA) is 29.5 Å². The summed E-state index contributed by atoms with van der Waals surface area (Å²) in [4.78, 5) is 13.8. The first-order valence-corrected chi connectivity index (χ1v) is 6.67. The molecule has 0 unspecified atom stereocenters. The standard InChI is InChI=1S/C11H21NO2S/c1-4-14-10(13)9-11(12(2)3)5-7-15-8-6-11/h4-9H2,1-3H3. The smallest absolute Gasteiger partial charge is 0.307 e. The number of nitrogens with zero attached hydrogens (tertiary/aromatic N) is 1. The second-order valence-corrected chi connectivity index (χ2v) is 5.44. The maximum atomic E-state index is 11.6. The van der Waals surface area contributed by atoms with Crippen molar-refractivity contribution in [1.82, 2.24) is 4.90 Å². The fraction of sp³-hybridized carbons (Fsp3) is 0.909. The molecule has 1 fully saturated rings. The van der Waals surface area contributed by atoms with Gasteiger partial charge in [-0.25, -0.2) is 0 Å². The average Bonchev–Trinajstić information content (AvgIpc) is 2.19. The molecule has 0 atom stereocenters. The van der Waals surface area contributed by atoms with E-state index in [-0.39, 0.29) is 11.5 Å². The summed E-state index contributed by atoms with van der Waals surface area (Å²) in [5.74, 6) is 2.24. The fourth-order valence-electron chi connectivity index (χ4n) is 2.01. The number of hydrogen-bond acceptors (Lipinski definition) is 4. The number of ether oxygens (including phenoxy) is 1. The molecule has 0 aromatic heterocycles. The van der Waals surface area contributed by atoms with E-state index in [4.69, 9.17) is 4.74 Å². The molecule has 1 heterocycles. The molecule has 3 nitrogen and oxygen atoms in total. The first kappa shape index (κ1) is 12.8. The van der Waals surface area contributed by atoms with Crippen LogP contribution in [-0.4, -0.2) is 48.6 Å². The number of carbonyl (C=O) groups excluding carboxylic acids is 1. The second kappa shape index (κ2) is 5.75. The molecule has 0 amide bonds. The van der Waals surface area contributed by atoms with Crippen LogP contribution in [0, 0.1) is 0 Å². The SMILES string of the molecule is CCOC(=O)CC1(N(C)C)CCSCC1. The summed E-state index contributed by atoms with van der Waals surface area (Å²) in [7, 11) is 4.13. The Kier molecular flexibility index (Phi) is 4.93. The quantitative estimate of drug-likeness (QED) is 0.690. The maximum absolute atomic E-state index is 11.6. The lowest BCUT2D eigenvalue weighted by Crippen LogP contribution is -2.48. The van der Waals surface area contributed by atoms with Crippen molar-refractivity contribution in [3.05, 3.63) is 0 Å². The van der Waals surface area contributed by atoms with Gasteiger partial charge in [-0.05, 0) is 45.4 Å². The van der Waals surface area contributed by atoms with E-state index < -0.39 is 0 Å². The molecule has 1 rings (SSSR count). The van der Waals surface area contributed by atoms with Gasteiger partial charge in [0, 0.05) is 5.54 Å². The third-order valence-corrected chi connectivity index (χ3v) is 4.14. The van der Waals surface area contributed by atoms with E-state index in [0.29, 0.717) is 13.0 Å². The molecule has 1 aliphatic rings. The van der Waals surface area contributed by atoms with E-state index >= 15 is 0 Å². The van der Waals surface area contributed by atoms with Gasteiger partial charge in [0.05, 0.1) is 13.0 Å². The van der Waals surface area contributed by atoms with Gasteiger partial charge in [0.15, 0.2) is 0 Å². The Morgan fingerprint density at radius 3 is 2.47 bits per heavy atom. The monoisotopic (exact) mass is 231 g/mol. The normalized spacial score (nSPS) is 20.3. The highest BCUT2D eigenvalue weighted by Gasteiger charge is 2.36. The summed E-state index contributed by atoms with van der Waals surface area (Å²) in [6, 6.07) is 0. The Labute approximate surface area is 96.5 Å². The van der Waals surface area contributed by atoms with Crippen molar-refractivity contribution >= 4 is 17.7 Å². The van der Waals surface area contributed by atoms with Crippen LogP contribution >= 0.6 is 11.8 Å². The second-order valence-electron chi connectivity index (χ2n) is 4.21. The molecular formula is C11H21NO2S. The highest BCUT2D eigenvalue weighted by molar-refractivity contribution is 7.99. The molecule has 0 aromatic carbocycles. The zero-order valence-electron chi connectivity index (χ0n) is 9.91. The summed E-state index contributed by atoms with van der Waals surface area (Å²) in [6.07, 6.45) is 2.71. The van der Waals surface area contributed by atoms with Gasteiger partial charge in [-0.3, -0.25) is 4.79 Å². The summed E-state index contributed by atoms with van der Waals surface area (Å²) >= 11 is 1.98. The van der Waals surface area contributed by atoms with Crippen molar-refractivity contribution in [3.63, 3.8) is 0 Å². The number of rotatable bonds is 4. The van der Waals surface area contributed by atoms with Crippen LogP contribution in [0.2, 0.25) is 0 Å². The van der Waals surface area contributed by atoms with Crippen molar-refractivity contribution in [2.24, 2.45) is 0 Å². The molecule has 0 aromatic rings. The Morgan fingerprint density at radius 1 is 1.40 bits per heavy atom. The van der Waals surface area contributed by atoms with Gasteiger partial charge in [-0.2, -0.15) is 11.8 Å². The van der Waals surface area contributed by atoms with E-state index in [1.165, 1.54) is 0 Å². The lowest BCUT2D eigenvalue weighted by Gasteiger charge is -2.42. The van der Waals surface area contributed by atoms with Crippen molar-refractivity contribution in [2.75, 3.05) is 32.2 Å². The highest BCUT2D eigenvalue weighted by atomic mass is 32.2. The minimum atomic E-state index is -0.0573. The van der Waals surface area contributed by atoms with Crippen LogP contribution in [0.1, 0.15) is 26.2 Å². The van der Waals surface area contributed by atoms with Gasteiger partial charge in [0.2, 0.25) is 0 Å². The molecule has 0 aliphatic carbocycles. The minimum absolute atomic E-state index is 0.0392. The zero-order valence-corrected chi connectivity index (χ0v) is 10.7. The molecule has 1 aliphatic heterocycles. The van der Waals surface area contributed by atoms with Crippen LogP contribution < -0.4 is 0 Å². The van der Waals surface area contributed by atoms with Crippen LogP contribution in [0.5, 0.6) is 0 Å². The predicted molar refractivity (Wildman–Crippen MR) is 64.2 cm³/mol. The Morgan fingerprint density at radius 2 is 2.00 bits per heavy atom. The Balaban J connectivity index is 2.60. The van der Waals surface area contributed by atoms with Gasteiger partial charge in [-0.15, -0.1) is 0 Å². The molecule has 0 spiro atoms. The van der Waals surface area contributed by atoms with E-state index in [9.17, 15) is 4.79 Å². The number of hydrogen-bond donors (Lipinski definition) is 0. The Bertz CT molecular complexity index is 213. The molecular weight excluding hydrogens is 210 g/mol. The largest absolute Gasteiger partial charge is 0.466 e. The van der Waals surface area contributed by atoms with Crippen molar-refractivity contribution < 1.29 is 9.53 Å². The zero-order chi connectivity index (χ0) is 11.3. The molecule has 0 saturated carbocycles. The Hall–Kier alpha value is -0.220. The van der Waals surface area contributed by atoms with E-state index in [1.807, 2.05) is 18.7 Å². The lowest BCUT2D eigenvalue weighted by molar-refractivity contribution is -0.146. The van der Waals surface area contributed by atoms with Gasteiger partial charge in [0.25, 0.3) is 0 Å². The summed E-state index contributed by atoms with van der Waals surface area (Å²) in [5, 5.41) is 0. The third-order valence-electron chi connectivity index (χ3n) is 3.15. The first-order valence-electron chi connectivity index (χ1n) is 5.51. The minimum Gasteiger partial charge on any atom is -0.466 e. The van der Waals surface area contributed by atoms with Gasteiger partial charge in [-0.1, -0.05) is 0 Å². The number of thioether (sulfide) groups is 1. The maximum Gasteiger partial charge on any atom is 0.307 e. The van der Waals surface area contributed by atoms with Gasteiger partial charge < -0.3 is 9.64 Å². The molecule has 15 heavy (non-hydrogen) atoms. The summed E-state index contributed by atoms with van der Waals surface area (Å²) < 4.78 is 5.05. The fourth-order valence-corrected chi connectivity index (χ4v) is 3.27. The lowest BCUT2D eigenvalue weighted by atomic mass is 9.87. The highest BCUT2D eigenvalue weighted by Crippen LogP contribution is 2.34. The van der Waals surface area contributed by atoms with Crippen LogP contribution in [0.15, 0.2) is 0 Å². The predicted octanol–water partition coefficient (Wildman–Crippen LogP) is 1.77. The first-order chi connectivity index (χ1) is 7.10. The number of carbonyl (C=O) groups is 1. The summed E-state index contributed by atoms with van der Waals surface area (Å²) in [6.45, 7) is 2.34. The van der Waals surface area contributed by atoms with E-state index in [1.54, 1.807) is 0 Å². The van der Waals surface area contributed by atoms with Crippen LogP contribution in [0.4, 0.5) is 0 Å². The molecule has 0 bridgehead atoms. The average molecular weight is 231 g/mol. The van der Waals surface area contributed by atoms with E-state index in [0.717, 1.165) is 24.3 Å². The molecule has 0 N–H and O–H groups in total. The number of esters is 1. The molecule has 4 heteroatoms. The van der Waals surface area contributed by atoms with Gasteiger partial charge >= 0.3 is 5.97 Å². The van der Waals surface area contributed by atoms with E-state index in [2.05, 4.69) is 19.0 Å². The molecule has 88 valence electrons. The van der Waals surface area contributed by atoms with Crippen LogP contribution in [-0.2, 0) is 9.53 Å². The third kappa shape index (κ3) is 3.38. The van der Waals surface area contributed by atoms with Crippen molar-refractivity contribution in [1.29, 1.82) is 0 Å². The van der Waals surface area contributed by atoms with Crippen molar-refractivity contribution in [2.45, 2.75) is 31.7 Å². The van der Waals surface area contributed by atoms with Gasteiger partial charge in [0.1, 0.15) is 0 Å². The molecule has 0 radical (unpaired) electrons.